The van der Waals surface area contributed by atoms with Crippen molar-refractivity contribution in [2.45, 2.75) is 50.9 Å². The molecule has 2 aliphatic rings. The molecule has 1 atom stereocenters. The van der Waals surface area contributed by atoms with E-state index in [9.17, 15) is 9.59 Å². The lowest BCUT2D eigenvalue weighted by Crippen LogP contribution is -2.54. The van der Waals surface area contributed by atoms with Gasteiger partial charge in [0.15, 0.2) is 11.4 Å². The average Bonchev–Trinajstić information content (AvgIpc) is 3.12. The summed E-state index contributed by atoms with van der Waals surface area (Å²) < 4.78 is 28.1. The number of carbonyl (C=O) groups excluding carboxylic acids is 2. The molecule has 1 aromatic carbocycles. The van der Waals surface area contributed by atoms with E-state index in [4.69, 9.17) is 21.1 Å². The number of anilines is 1. The van der Waals surface area contributed by atoms with Crippen LogP contribution in [0.2, 0.25) is 30.7 Å². The van der Waals surface area contributed by atoms with Crippen molar-refractivity contribution in [3.8, 4) is 0 Å². The van der Waals surface area contributed by atoms with Crippen LogP contribution in [-0.4, -0.2) is 59.4 Å². The third-order valence-corrected chi connectivity index (χ3v) is 8.20. The Morgan fingerprint density at radius 2 is 2.18 bits per heavy atom. The maximum Gasteiger partial charge on any atom is 0.412 e. The lowest BCUT2D eigenvalue weighted by Gasteiger charge is -2.45. The Kier molecular flexibility index (Phi) is 7.05. The van der Waals surface area contributed by atoms with Crippen LogP contribution in [0.15, 0.2) is 16.9 Å². The molecule has 4 rings (SSSR count). The number of fused-ring (bicyclic) bond motifs is 2. The van der Waals surface area contributed by atoms with Crippen LogP contribution in [0.5, 0.6) is 0 Å². The number of carbonyl (C=O) groups is 2. The standard InChI is InChI=1S/C21H26BrClFN5O4Si/c1-34(2,3)10-9-32-12-29-17(26-19(22)27-29)18(30)28-8-4-7-21(11-28)15-14(25-20(31)33-21)6-5-13(23)16(15)24/h5-6H,4,7-12H2,1-3H3,(H,25,31)/t21-/m0/s1. The molecule has 9 nitrogen and oxygen atoms in total. The molecule has 2 aromatic rings. The summed E-state index contributed by atoms with van der Waals surface area (Å²) in [6.07, 6.45) is 0.141. The minimum atomic E-state index is -1.35. The molecule has 0 aliphatic carbocycles. The number of hydrogen-bond acceptors (Lipinski definition) is 6. The second-order valence-corrected chi connectivity index (χ2v) is 16.4. The van der Waals surface area contributed by atoms with Crippen molar-refractivity contribution >= 4 is 53.3 Å². The Balaban J connectivity index is 1.57. The smallest absolute Gasteiger partial charge is 0.412 e. The van der Waals surface area contributed by atoms with Crippen molar-refractivity contribution in [1.82, 2.24) is 19.7 Å². The first-order valence-electron chi connectivity index (χ1n) is 10.9. The van der Waals surface area contributed by atoms with Crippen molar-refractivity contribution in [1.29, 1.82) is 0 Å². The van der Waals surface area contributed by atoms with E-state index in [0.717, 1.165) is 6.04 Å². The summed E-state index contributed by atoms with van der Waals surface area (Å²) in [6.45, 7) is 7.76. The number of benzene rings is 1. The molecular formula is C21H26BrClFN5O4Si. The molecule has 2 amide bonds. The Morgan fingerprint density at radius 3 is 2.91 bits per heavy atom. The van der Waals surface area contributed by atoms with E-state index in [1.807, 2.05) is 0 Å². The third kappa shape index (κ3) is 5.14. The van der Waals surface area contributed by atoms with Crippen molar-refractivity contribution < 1.29 is 23.5 Å². The summed E-state index contributed by atoms with van der Waals surface area (Å²) in [5, 5.41) is 6.66. The van der Waals surface area contributed by atoms with Gasteiger partial charge in [-0.15, -0.1) is 5.10 Å². The normalized spacial score (nSPS) is 20.2. The van der Waals surface area contributed by atoms with Gasteiger partial charge >= 0.3 is 6.09 Å². The lowest BCUT2D eigenvalue weighted by molar-refractivity contribution is -0.0424. The Hall–Kier alpha value is -2.02. The van der Waals surface area contributed by atoms with E-state index in [2.05, 4.69) is 51.0 Å². The van der Waals surface area contributed by atoms with Gasteiger partial charge in [-0.1, -0.05) is 31.2 Å². The molecule has 34 heavy (non-hydrogen) atoms. The highest BCUT2D eigenvalue weighted by Gasteiger charge is 2.49. The maximum absolute atomic E-state index is 15.1. The van der Waals surface area contributed by atoms with Gasteiger partial charge in [0.1, 0.15) is 6.73 Å². The zero-order valence-electron chi connectivity index (χ0n) is 19.2. The summed E-state index contributed by atoms with van der Waals surface area (Å²) >= 11 is 9.26. The summed E-state index contributed by atoms with van der Waals surface area (Å²) in [7, 11) is -1.26. The monoisotopic (exact) mass is 573 g/mol. The second kappa shape index (κ2) is 9.55. The fourth-order valence-corrected chi connectivity index (χ4v) is 5.45. The van der Waals surface area contributed by atoms with Gasteiger partial charge in [-0.2, -0.15) is 4.98 Å². The van der Waals surface area contributed by atoms with Gasteiger partial charge < -0.3 is 14.4 Å². The first-order valence-corrected chi connectivity index (χ1v) is 15.8. The molecule has 13 heteroatoms. The van der Waals surface area contributed by atoms with Gasteiger partial charge in [0, 0.05) is 21.2 Å². The van der Waals surface area contributed by atoms with Gasteiger partial charge in [0.2, 0.25) is 10.6 Å². The minimum Gasteiger partial charge on any atom is -0.436 e. The van der Waals surface area contributed by atoms with E-state index in [-0.39, 0.29) is 40.1 Å². The van der Waals surface area contributed by atoms with Gasteiger partial charge in [-0.05, 0) is 46.9 Å². The predicted molar refractivity (Wildman–Crippen MR) is 130 cm³/mol. The molecule has 1 aromatic heterocycles. The van der Waals surface area contributed by atoms with Crippen LogP contribution < -0.4 is 5.32 Å². The number of nitrogens with one attached hydrogen (secondary N) is 1. The first-order chi connectivity index (χ1) is 16.0. The molecule has 0 unspecified atom stereocenters. The Bertz CT molecular complexity index is 1130. The number of aromatic nitrogens is 3. The van der Waals surface area contributed by atoms with E-state index in [1.54, 1.807) is 0 Å². The number of ether oxygens (including phenoxy) is 2. The SMILES string of the molecule is C[Si](C)(C)CCOCn1nc(Br)nc1C(=O)N1CCC[C@@]2(C1)OC(=O)Nc1ccc(Cl)c(F)c12. The molecular weight excluding hydrogens is 549 g/mol. The minimum absolute atomic E-state index is 0.0372. The molecule has 1 spiro atoms. The summed E-state index contributed by atoms with van der Waals surface area (Å²) in [5.74, 6) is -0.996. The zero-order valence-corrected chi connectivity index (χ0v) is 22.5. The highest BCUT2D eigenvalue weighted by molar-refractivity contribution is 9.10. The molecule has 0 saturated carbocycles. The van der Waals surface area contributed by atoms with E-state index < -0.39 is 31.5 Å². The number of likely N-dealkylation sites (tertiary alicyclic amines) is 1. The van der Waals surface area contributed by atoms with Crippen molar-refractivity contribution in [3.05, 3.63) is 39.1 Å². The van der Waals surface area contributed by atoms with Crippen LogP contribution in [0, 0.1) is 5.82 Å². The number of halogens is 3. The molecule has 0 bridgehead atoms. The van der Waals surface area contributed by atoms with Crippen LogP contribution in [0.25, 0.3) is 0 Å². The highest BCUT2D eigenvalue weighted by Crippen LogP contribution is 2.45. The van der Waals surface area contributed by atoms with Crippen LogP contribution >= 0.6 is 27.5 Å². The number of amides is 2. The fourth-order valence-electron chi connectivity index (χ4n) is 4.18. The van der Waals surface area contributed by atoms with Crippen molar-refractivity contribution in [2.24, 2.45) is 0 Å². The number of piperidine rings is 1. The van der Waals surface area contributed by atoms with Crippen LogP contribution in [0.4, 0.5) is 14.9 Å². The van der Waals surface area contributed by atoms with Gasteiger partial charge in [0.05, 0.1) is 22.8 Å². The van der Waals surface area contributed by atoms with Crippen molar-refractivity contribution in [2.75, 3.05) is 25.0 Å². The number of nitrogens with zero attached hydrogens (tertiary/aromatic N) is 4. The van der Waals surface area contributed by atoms with Gasteiger partial charge in [-0.3, -0.25) is 10.1 Å². The molecule has 184 valence electrons. The molecule has 0 radical (unpaired) electrons. The first kappa shape index (κ1) is 25.1. The lowest BCUT2D eigenvalue weighted by atomic mass is 9.83. The largest absolute Gasteiger partial charge is 0.436 e. The Morgan fingerprint density at radius 1 is 1.41 bits per heavy atom. The third-order valence-electron chi connectivity index (χ3n) is 5.86. The van der Waals surface area contributed by atoms with E-state index >= 15 is 4.39 Å². The number of rotatable bonds is 6. The molecule has 1 fully saturated rings. The van der Waals surface area contributed by atoms with Gasteiger partial charge in [0.25, 0.3) is 5.91 Å². The molecule has 3 heterocycles. The van der Waals surface area contributed by atoms with Crippen molar-refractivity contribution in [3.63, 3.8) is 0 Å². The molecule has 1 N–H and O–H groups in total. The highest BCUT2D eigenvalue weighted by atomic mass is 79.9. The zero-order chi connectivity index (χ0) is 24.7. The van der Waals surface area contributed by atoms with Crippen LogP contribution in [0.3, 0.4) is 0 Å². The summed E-state index contributed by atoms with van der Waals surface area (Å²) in [4.78, 5) is 31.5. The fraction of sp³-hybridized carbons (Fsp3) is 0.524. The summed E-state index contributed by atoms with van der Waals surface area (Å²) in [5.41, 5.74) is -0.917. The van der Waals surface area contributed by atoms with Gasteiger partial charge in [-0.25, -0.2) is 13.9 Å². The van der Waals surface area contributed by atoms with E-state index in [1.165, 1.54) is 21.7 Å². The average molecular weight is 575 g/mol. The van der Waals surface area contributed by atoms with Crippen LogP contribution in [-0.2, 0) is 21.8 Å². The number of hydrogen-bond donors (Lipinski definition) is 1. The predicted octanol–water partition coefficient (Wildman–Crippen LogP) is 4.84. The molecule has 1 saturated heterocycles. The molecule has 2 aliphatic heterocycles. The summed E-state index contributed by atoms with van der Waals surface area (Å²) in [6, 6.07) is 3.89. The Labute approximate surface area is 211 Å². The van der Waals surface area contributed by atoms with Crippen LogP contribution in [0.1, 0.15) is 29.0 Å². The quantitative estimate of drug-likeness (QED) is 0.392. The topological polar surface area (TPSA) is 98.6 Å². The maximum atomic E-state index is 15.1. The van der Waals surface area contributed by atoms with E-state index in [0.29, 0.717) is 26.0 Å². The second-order valence-electron chi connectivity index (χ2n) is 9.67.